The Bertz CT molecular complexity index is 1230. The zero-order valence-electron chi connectivity index (χ0n) is 32.0. The van der Waals surface area contributed by atoms with Crippen molar-refractivity contribution in [2.45, 2.75) is 163 Å². The van der Waals surface area contributed by atoms with Crippen LogP contribution in [0.25, 0.3) is 0 Å². The molecule has 14 heteroatoms. The smallest absolute Gasteiger partial charge is 0.330 e. The molecule has 0 saturated carbocycles. The van der Waals surface area contributed by atoms with Crippen LogP contribution in [0.15, 0.2) is 15.8 Å². The zero-order valence-corrected chi connectivity index (χ0v) is 35.1. The first-order valence-corrected chi connectivity index (χ1v) is 20.6. The molecule has 50 heavy (non-hydrogen) atoms. The van der Waals surface area contributed by atoms with Gasteiger partial charge in [0.05, 0.1) is 45.4 Å². The lowest BCUT2D eigenvalue weighted by molar-refractivity contribution is -0.208. The van der Waals surface area contributed by atoms with E-state index in [0.717, 1.165) is 32.1 Å². The van der Waals surface area contributed by atoms with Gasteiger partial charge in [0.25, 0.3) is 14.1 Å². The Labute approximate surface area is 316 Å². The van der Waals surface area contributed by atoms with Gasteiger partial charge in [-0.05, 0) is 41.0 Å². The third kappa shape index (κ3) is 17.0. The van der Waals surface area contributed by atoms with Crippen LogP contribution in [0.1, 0.15) is 144 Å². The summed E-state index contributed by atoms with van der Waals surface area (Å²) in [5, 5.41) is 9.06. The summed E-state index contributed by atoms with van der Waals surface area (Å²) in [6.45, 7) is 17.1. The summed E-state index contributed by atoms with van der Waals surface area (Å²) in [7, 11) is -1.59. The average Bonchev–Trinajstić information content (AvgIpc) is 3.07. The predicted octanol–water partition coefficient (Wildman–Crippen LogP) is 8.33. The summed E-state index contributed by atoms with van der Waals surface area (Å²) >= 11 is 1.79. The quantitative estimate of drug-likeness (QED) is 0.0655. The first kappa shape index (κ1) is 46.6. The number of nitrogens with zero attached hydrogens (tertiary/aromatic N) is 4. The van der Waals surface area contributed by atoms with E-state index in [4.69, 9.17) is 22.1 Å². The highest BCUT2D eigenvalue weighted by Crippen LogP contribution is 2.47. The molecule has 2 rings (SSSR count). The number of aryl methyl sites for hydroxylation is 1. The van der Waals surface area contributed by atoms with Gasteiger partial charge >= 0.3 is 5.69 Å². The van der Waals surface area contributed by atoms with Gasteiger partial charge in [0, 0.05) is 30.3 Å². The Balaban J connectivity index is 0.00000139. The van der Waals surface area contributed by atoms with Crippen LogP contribution >= 0.6 is 31.5 Å². The number of halogens is 1. The van der Waals surface area contributed by atoms with Crippen molar-refractivity contribution in [3.05, 3.63) is 32.6 Å². The van der Waals surface area contributed by atoms with Crippen molar-refractivity contribution in [2.75, 3.05) is 32.9 Å². The van der Waals surface area contributed by atoms with Crippen molar-refractivity contribution < 1.29 is 21.6 Å². The maximum Gasteiger partial charge on any atom is 0.330 e. The summed E-state index contributed by atoms with van der Waals surface area (Å²) in [5.41, 5.74) is -1.88. The van der Waals surface area contributed by atoms with Gasteiger partial charge in [0.2, 0.25) is 5.91 Å². The van der Waals surface area contributed by atoms with E-state index in [1.165, 1.54) is 49.3 Å². The second-order valence-electron chi connectivity index (χ2n) is 13.7. The van der Waals surface area contributed by atoms with E-state index in [1.807, 2.05) is 0 Å². The molecule has 1 saturated heterocycles. The van der Waals surface area contributed by atoms with Gasteiger partial charge in [-0.15, -0.1) is 0 Å². The zero-order chi connectivity index (χ0) is 37.5. The molecule has 1 aromatic heterocycles. The van der Waals surface area contributed by atoms with Crippen LogP contribution in [-0.4, -0.2) is 75.6 Å². The van der Waals surface area contributed by atoms with E-state index in [1.54, 1.807) is 34.8 Å². The molecule has 1 aromatic rings. The topological polar surface area (TPSA) is 139 Å². The van der Waals surface area contributed by atoms with Gasteiger partial charge in [-0.2, -0.15) is 5.26 Å². The van der Waals surface area contributed by atoms with Gasteiger partial charge in [0.15, 0.2) is 6.23 Å². The Kier molecular flexibility index (Phi) is 24.6. The Morgan fingerprint density at radius 2 is 1.60 bits per heavy atom. The fourth-order valence-corrected chi connectivity index (χ4v) is 8.03. The van der Waals surface area contributed by atoms with Crippen LogP contribution in [0.3, 0.4) is 0 Å². The number of ether oxygens (including phenoxy) is 1. The minimum Gasteiger partial charge on any atom is -0.343 e. The molecule has 2 heterocycles. The van der Waals surface area contributed by atoms with Crippen LogP contribution < -0.4 is 11.2 Å². The minimum absolute atomic E-state index is 0.0120. The van der Waals surface area contributed by atoms with Gasteiger partial charge in [0.1, 0.15) is 28.6 Å². The fraction of sp³-hybridized carbons (Fsp3) is 0.833. The molecule has 0 spiro atoms. The number of aromatic nitrogens is 2. The van der Waals surface area contributed by atoms with Gasteiger partial charge in [-0.3, -0.25) is 19.1 Å². The number of carbonyl (C=O) groups excluding carboxylic acids is 1. The molecule has 1 aliphatic rings. The number of hydrogen-bond donors (Lipinski definition) is 1. The van der Waals surface area contributed by atoms with E-state index in [-0.39, 0.29) is 57.3 Å². The lowest BCUT2D eigenvalue weighted by atomic mass is 10.0. The van der Waals surface area contributed by atoms with Crippen molar-refractivity contribution in [1.82, 2.24) is 19.1 Å². The maximum atomic E-state index is 13.5. The standard InChI is InChI=1S/C28H47IN5O7P.C8H18/c1-7-8-9-10-11-13-24(35)32-17-25(33-16-23(6)26(36)31-27(33)37)41-28(18-32,19-38-29)20-40-42(39-15-12-14-30)34(21(2)3)22(4)5;1-3-5-7-8-6-4-2/h16,21-22,25H,7-13,15,17-20H2,1-6H3,(H,31,36,37);3-8H2,1-2H3/t25-,28+,42?;/m1./s1. The highest BCUT2D eigenvalue weighted by molar-refractivity contribution is 14.1. The molecule has 0 radical (unpaired) electrons. The molecule has 0 aliphatic carbocycles. The van der Waals surface area contributed by atoms with E-state index in [2.05, 4.69) is 64.2 Å². The molecule has 0 bridgehead atoms. The molecular weight excluding hydrogens is 772 g/mol. The number of rotatable bonds is 23. The van der Waals surface area contributed by atoms with E-state index < -0.39 is 31.6 Å². The number of morpholine rings is 1. The molecule has 1 N–H and O–H groups in total. The monoisotopic (exact) mass is 837 g/mol. The first-order chi connectivity index (χ1) is 23.9. The Morgan fingerprint density at radius 1 is 1.02 bits per heavy atom. The second-order valence-corrected chi connectivity index (χ2v) is 15.7. The van der Waals surface area contributed by atoms with Gasteiger partial charge in [-0.1, -0.05) is 85.0 Å². The number of nitriles is 1. The lowest BCUT2D eigenvalue weighted by Gasteiger charge is -2.46. The molecule has 288 valence electrons. The van der Waals surface area contributed by atoms with Crippen molar-refractivity contribution in [3.63, 3.8) is 0 Å². The Morgan fingerprint density at radius 3 is 2.12 bits per heavy atom. The number of unbranched alkanes of at least 4 members (excludes halogenated alkanes) is 9. The van der Waals surface area contributed by atoms with Crippen molar-refractivity contribution in [2.24, 2.45) is 0 Å². The predicted molar refractivity (Wildman–Crippen MR) is 209 cm³/mol. The van der Waals surface area contributed by atoms with Crippen molar-refractivity contribution in [3.8, 4) is 6.07 Å². The molecule has 0 aromatic carbocycles. The summed E-state index contributed by atoms with van der Waals surface area (Å²) in [6.07, 6.45) is 14.8. The van der Waals surface area contributed by atoms with Crippen LogP contribution in [0, 0.1) is 18.3 Å². The number of aromatic amines is 1. The van der Waals surface area contributed by atoms with Crippen LogP contribution in [0.5, 0.6) is 0 Å². The van der Waals surface area contributed by atoms with E-state index >= 15 is 0 Å². The molecule has 1 fully saturated rings. The van der Waals surface area contributed by atoms with Crippen LogP contribution in [0.4, 0.5) is 0 Å². The molecule has 3 atom stereocenters. The molecule has 1 amide bonds. The van der Waals surface area contributed by atoms with Crippen LogP contribution in [-0.2, 0) is 21.6 Å². The lowest BCUT2D eigenvalue weighted by Crippen LogP contribution is -2.60. The number of carbonyl (C=O) groups is 1. The van der Waals surface area contributed by atoms with Gasteiger partial charge in [-0.25, -0.2) is 9.46 Å². The van der Waals surface area contributed by atoms with Crippen molar-refractivity contribution >= 4 is 37.4 Å². The molecule has 1 aliphatic heterocycles. The largest absolute Gasteiger partial charge is 0.343 e. The van der Waals surface area contributed by atoms with Gasteiger partial charge < -0.3 is 21.8 Å². The van der Waals surface area contributed by atoms with E-state index in [9.17, 15) is 14.4 Å². The summed E-state index contributed by atoms with van der Waals surface area (Å²) < 4.78 is 28.1. The fourth-order valence-electron chi connectivity index (χ4n) is 5.78. The first-order valence-electron chi connectivity index (χ1n) is 18.6. The summed E-state index contributed by atoms with van der Waals surface area (Å²) in [4.78, 5) is 42.5. The maximum absolute atomic E-state index is 13.5. The highest BCUT2D eigenvalue weighted by atomic mass is 127. The molecule has 12 nitrogen and oxygen atoms in total. The molecule has 1 unspecified atom stereocenters. The number of H-pyrrole nitrogens is 1. The summed E-state index contributed by atoms with van der Waals surface area (Å²) in [6, 6.07) is 2.30. The van der Waals surface area contributed by atoms with E-state index in [0.29, 0.717) is 12.0 Å². The highest BCUT2D eigenvalue weighted by Gasteiger charge is 2.45. The SMILES string of the molecule is CCCCCCCC.CCCCCCCC(=O)N1C[C@H](n2cc(C)c(=O)[nH]c2=O)O[C@@](COI)(COP(OCCC#N)N(C(C)C)C(C)C)C1. The number of nitrogens with one attached hydrogen (secondary N) is 1. The minimum atomic E-state index is -1.59. The van der Waals surface area contributed by atoms with Crippen molar-refractivity contribution in [1.29, 1.82) is 5.26 Å². The molecular formula is C36H65IN5O7P. The third-order valence-corrected chi connectivity index (χ3v) is 10.8. The number of amides is 1. The number of hydrogen-bond acceptors (Lipinski definition) is 9. The second kappa shape index (κ2) is 26.4. The third-order valence-electron chi connectivity index (χ3n) is 8.42. The summed E-state index contributed by atoms with van der Waals surface area (Å²) in [5.74, 6) is -0.0367. The van der Waals surface area contributed by atoms with Crippen LogP contribution in [0.2, 0.25) is 0 Å². The Hall–Kier alpha value is -1.40. The average molecular weight is 838 g/mol. The normalized spacial score (nSPS) is 18.3.